The minimum atomic E-state index is -0.224. The highest BCUT2D eigenvalue weighted by Gasteiger charge is 2.21. The standard InChI is InChI=1S/C21H27FN2OS/c1-15(2)24(21(25)9-6-16-10-11-23-13-16)14-19-7-8-20(26-19)17-4-3-5-18(22)12-17/h3-5,7-8,12,15-16,23H,6,9-11,13-14H2,1-2H3. The van der Waals surface area contributed by atoms with Gasteiger partial charge < -0.3 is 10.2 Å². The molecule has 1 aliphatic heterocycles. The molecule has 1 aromatic heterocycles. The summed E-state index contributed by atoms with van der Waals surface area (Å²) in [5.74, 6) is 0.639. The number of rotatable bonds is 7. The molecule has 2 aromatic rings. The van der Waals surface area contributed by atoms with Crippen molar-refractivity contribution in [3.63, 3.8) is 0 Å². The first-order chi connectivity index (χ1) is 12.5. The highest BCUT2D eigenvalue weighted by molar-refractivity contribution is 7.15. The summed E-state index contributed by atoms with van der Waals surface area (Å²) in [6, 6.07) is 10.9. The molecule has 2 heterocycles. The molecule has 1 unspecified atom stereocenters. The third kappa shape index (κ3) is 4.92. The van der Waals surface area contributed by atoms with Gasteiger partial charge in [-0.2, -0.15) is 0 Å². The molecule has 1 fully saturated rings. The molecule has 140 valence electrons. The summed E-state index contributed by atoms with van der Waals surface area (Å²) in [6.07, 6.45) is 2.76. The molecular formula is C21H27FN2OS. The van der Waals surface area contributed by atoms with E-state index in [1.807, 2.05) is 17.0 Å². The molecule has 0 radical (unpaired) electrons. The average molecular weight is 375 g/mol. The van der Waals surface area contributed by atoms with Gasteiger partial charge in [0.15, 0.2) is 0 Å². The maximum Gasteiger partial charge on any atom is 0.223 e. The molecule has 0 spiro atoms. The van der Waals surface area contributed by atoms with Gasteiger partial charge in [0.05, 0.1) is 6.54 Å². The van der Waals surface area contributed by atoms with E-state index in [1.165, 1.54) is 12.5 Å². The Kier molecular flexibility index (Phi) is 6.43. The van der Waals surface area contributed by atoms with Crippen LogP contribution in [0.1, 0.15) is 38.0 Å². The maximum atomic E-state index is 13.4. The lowest BCUT2D eigenvalue weighted by atomic mass is 10.0. The SMILES string of the molecule is CC(C)N(Cc1ccc(-c2cccc(F)c2)s1)C(=O)CCC1CCNC1. The monoisotopic (exact) mass is 374 g/mol. The van der Waals surface area contributed by atoms with Crippen molar-refractivity contribution < 1.29 is 9.18 Å². The summed E-state index contributed by atoms with van der Waals surface area (Å²) in [4.78, 5) is 16.9. The molecule has 1 saturated heterocycles. The van der Waals surface area contributed by atoms with Crippen LogP contribution < -0.4 is 5.32 Å². The van der Waals surface area contributed by atoms with E-state index in [0.717, 1.165) is 34.8 Å². The summed E-state index contributed by atoms with van der Waals surface area (Å²) in [6.45, 7) is 6.87. The van der Waals surface area contributed by atoms with E-state index in [9.17, 15) is 9.18 Å². The Morgan fingerprint density at radius 2 is 2.19 bits per heavy atom. The van der Waals surface area contributed by atoms with Crippen molar-refractivity contribution in [2.75, 3.05) is 13.1 Å². The van der Waals surface area contributed by atoms with Gasteiger partial charge in [-0.05, 0) is 75.5 Å². The van der Waals surface area contributed by atoms with E-state index in [0.29, 0.717) is 18.9 Å². The first kappa shape index (κ1) is 19.1. The number of hydrogen-bond acceptors (Lipinski definition) is 3. The number of hydrogen-bond donors (Lipinski definition) is 1. The number of benzene rings is 1. The molecule has 1 aromatic carbocycles. The van der Waals surface area contributed by atoms with Gasteiger partial charge in [-0.3, -0.25) is 4.79 Å². The second-order valence-corrected chi connectivity index (χ2v) is 8.46. The van der Waals surface area contributed by atoms with Crippen molar-refractivity contribution in [3.8, 4) is 10.4 Å². The molecule has 3 nitrogen and oxygen atoms in total. The minimum absolute atomic E-state index is 0.170. The average Bonchev–Trinajstić information content (AvgIpc) is 3.29. The summed E-state index contributed by atoms with van der Waals surface area (Å²) in [5, 5.41) is 3.36. The van der Waals surface area contributed by atoms with Gasteiger partial charge in [-0.25, -0.2) is 4.39 Å². The van der Waals surface area contributed by atoms with Crippen molar-refractivity contribution >= 4 is 17.2 Å². The number of carbonyl (C=O) groups excluding carboxylic acids is 1. The topological polar surface area (TPSA) is 32.3 Å². The zero-order valence-corrected chi connectivity index (χ0v) is 16.3. The van der Waals surface area contributed by atoms with Crippen LogP contribution in [-0.4, -0.2) is 29.9 Å². The fourth-order valence-corrected chi connectivity index (χ4v) is 4.42. The molecule has 1 N–H and O–H groups in total. The molecule has 0 aliphatic carbocycles. The molecule has 1 atom stereocenters. The van der Waals surface area contributed by atoms with Gasteiger partial charge in [-0.15, -0.1) is 11.3 Å². The van der Waals surface area contributed by atoms with Gasteiger partial charge in [0, 0.05) is 22.2 Å². The van der Waals surface area contributed by atoms with Gasteiger partial charge in [0.25, 0.3) is 0 Å². The molecule has 0 bridgehead atoms. The molecule has 5 heteroatoms. The predicted octanol–water partition coefficient (Wildman–Crippen LogP) is 4.68. The van der Waals surface area contributed by atoms with E-state index in [2.05, 4.69) is 25.2 Å². The number of halogens is 1. The molecule has 1 amide bonds. The quantitative estimate of drug-likeness (QED) is 0.763. The van der Waals surface area contributed by atoms with Crippen LogP contribution >= 0.6 is 11.3 Å². The Labute approximate surface area is 159 Å². The largest absolute Gasteiger partial charge is 0.335 e. The second kappa shape index (κ2) is 8.78. The van der Waals surface area contributed by atoms with Gasteiger partial charge in [0.2, 0.25) is 5.91 Å². The van der Waals surface area contributed by atoms with Crippen molar-refractivity contribution in [3.05, 3.63) is 47.1 Å². The van der Waals surface area contributed by atoms with Crippen molar-refractivity contribution in [1.82, 2.24) is 10.2 Å². The Hall–Kier alpha value is -1.72. The predicted molar refractivity (Wildman–Crippen MR) is 106 cm³/mol. The number of nitrogens with one attached hydrogen (secondary N) is 1. The normalized spacial score (nSPS) is 17.0. The molecule has 1 aliphatic rings. The smallest absolute Gasteiger partial charge is 0.223 e. The Bertz CT molecular complexity index is 737. The Morgan fingerprint density at radius 3 is 2.88 bits per heavy atom. The van der Waals surface area contributed by atoms with Crippen molar-refractivity contribution in [2.24, 2.45) is 5.92 Å². The summed E-state index contributed by atoms with van der Waals surface area (Å²) < 4.78 is 13.4. The van der Waals surface area contributed by atoms with Gasteiger partial charge in [0.1, 0.15) is 5.82 Å². The highest BCUT2D eigenvalue weighted by atomic mass is 32.1. The highest BCUT2D eigenvalue weighted by Crippen LogP contribution is 2.30. The lowest BCUT2D eigenvalue weighted by molar-refractivity contribution is -0.133. The molecule has 0 saturated carbocycles. The van der Waals surface area contributed by atoms with E-state index >= 15 is 0 Å². The fraction of sp³-hybridized carbons (Fsp3) is 0.476. The number of nitrogens with zero attached hydrogens (tertiary/aromatic N) is 1. The molecule has 26 heavy (non-hydrogen) atoms. The van der Waals surface area contributed by atoms with E-state index < -0.39 is 0 Å². The minimum Gasteiger partial charge on any atom is -0.335 e. The van der Waals surface area contributed by atoms with Crippen LogP contribution in [0.2, 0.25) is 0 Å². The van der Waals surface area contributed by atoms with Crippen LogP contribution in [0, 0.1) is 11.7 Å². The van der Waals surface area contributed by atoms with Crippen LogP contribution in [0.15, 0.2) is 36.4 Å². The van der Waals surface area contributed by atoms with E-state index in [1.54, 1.807) is 23.5 Å². The first-order valence-corrected chi connectivity index (χ1v) is 10.2. The van der Waals surface area contributed by atoms with Crippen LogP contribution in [-0.2, 0) is 11.3 Å². The lowest BCUT2D eigenvalue weighted by Gasteiger charge is -2.27. The zero-order valence-electron chi connectivity index (χ0n) is 15.5. The molecular weight excluding hydrogens is 347 g/mol. The van der Waals surface area contributed by atoms with Crippen molar-refractivity contribution in [1.29, 1.82) is 0 Å². The van der Waals surface area contributed by atoms with Crippen LogP contribution in [0.3, 0.4) is 0 Å². The Balaban J connectivity index is 1.63. The van der Waals surface area contributed by atoms with Crippen LogP contribution in [0.25, 0.3) is 10.4 Å². The Morgan fingerprint density at radius 1 is 1.35 bits per heavy atom. The van der Waals surface area contributed by atoms with E-state index in [4.69, 9.17) is 0 Å². The lowest BCUT2D eigenvalue weighted by Crippen LogP contribution is -2.36. The summed E-state index contributed by atoms with van der Waals surface area (Å²) in [5.41, 5.74) is 0.886. The summed E-state index contributed by atoms with van der Waals surface area (Å²) >= 11 is 1.63. The third-order valence-corrected chi connectivity index (χ3v) is 6.09. The summed E-state index contributed by atoms with van der Waals surface area (Å²) in [7, 11) is 0. The van der Waals surface area contributed by atoms with E-state index in [-0.39, 0.29) is 17.8 Å². The van der Waals surface area contributed by atoms with Gasteiger partial charge >= 0.3 is 0 Å². The number of amides is 1. The first-order valence-electron chi connectivity index (χ1n) is 9.38. The zero-order chi connectivity index (χ0) is 18.5. The van der Waals surface area contributed by atoms with Crippen molar-refractivity contribution in [2.45, 2.75) is 45.7 Å². The second-order valence-electron chi connectivity index (χ2n) is 7.29. The number of carbonyl (C=O) groups is 1. The fourth-order valence-electron chi connectivity index (χ4n) is 3.42. The van der Waals surface area contributed by atoms with Gasteiger partial charge in [-0.1, -0.05) is 12.1 Å². The number of thiophene rings is 1. The molecule has 3 rings (SSSR count). The van der Waals surface area contributed by atoms with Crippen LogP contribution in [0.4, 0.5) is 4.39 Å². The maximum absolute atomic E-state index is 13.4. The third-order valence-electron chi connectivity index (χ3n) is 4.97. The van der Waals surface area contributed by atoms with Crippen LogP contribution in [0.5, 0.6) is 0 Å².